The molecule has 9 nitrogen and oxygen atoms in total. The number of hydrogen-bond acceptors (Lipinski definition) is 7. The number of carbonyl (C=O) groups is 3. The highest BCUT2D eigenvalue weighted by atomic mass is 79.9. The second kappa shape index (κ2) is 8.04. The number of piperidine rings is 1. The van der Waals surface area contributed by atoms with Gasteiger partial charge in [0.15, 0.2) is 6.10 Å². The molecule has 3 N–H and O–H groups in total. The van der Waals surface area contributed by atoms with Crippen LogP contribution in [0.1, 0.15) is 12.8 Å². The first-order valence-corrected chi connectivity index (χ1v) is 9.43. The molecule has 0 aromatic heterocycles. The second-order valence-electron chi connectivity index (χ2n) is 5.19. The summed E-state index contributed by atoms with van der Waals surface area (Å²) >= 11 is 3.17. The highest BCUT2D eigenvalue weighted by Crippen LogP contribution is 2.15. The standard InChI is InChI=1S/C14H15BrN2O7S/c15-8-1-3-9(4-2-8)25(22,23)17-10(7-18)14(21)24-11-5-6-12(19)16-13(11)20/h1-4,10-11,17-18H,5-7H2,(H,16,19,20). The minimum absolute atomic E-state index is 0.00189. The maximum absolute atomic E-state index is 12.2. The van der Waals surface area contributed by atoms with E-state index in [4.69, 9.17) is 4.74 Å². The van der Waals surface area contributed by atoms with E-state index in [0.717, 1.165) is 0 Å². The van der Waals surface area contributed by atoms with Crippen molar-refractivity contribution in [2.75, 3.05) is 6.61 Å². The lowest BCUT2D eigenvalue weighted by Crippen LogP contribution is -2.50. The number of sulfonamides is 1. The van der Waals surface area contributed by atoms with Gasteiger partial charge < -0.3 is 9.84 Å². The number of esters is 1. The molecule has 2 amide bonds. The molecular formula is C14H15BrN2O7S. The quantitative estimate of drug-likeness (QED) is 0.402. The second-order valence-corrected chi connectivity index (χ2v) is 7.82. The van der Waals surface area contributed by atoms with Crippen molar-refractivity contribution in [2.45, 2.75) is 29.9 Å². The van der Waals surface area contributed by atoms with Gasteiger partial charge in [-0.25, -0.2) is 8.42 Å². The molecule has 1 saturated heterocycles. The van der Waals surface area contributed by atoms with Crippen molar-refractivity contribution in [3.05, 3.63) is 28.7 Å². The maximum atomic E-state index is 12.2. The van der Waals surface area contributed by atoms with E-state index in [0.29, 0.717) is 4.47 Å². The van der Waals surface area contributed by atoms with Gasteiger partial charge in [-0.05, 0) is 24.3 Å². The summed E-state index contributed by atoms with van der Waals surface area (Å²) in [5, 5.41) is 11.3. The van der Waals surface area contributed by atoms with Crippen LogP contribution in [0.25, 0.3) is 0 Å². The molecule has 11 heteroatoms. The number of amides is 2. The van der Waals surface area contributed by atoms with E-state index in [1.807, 2.05) is 10.0 Å². The number of aliphatic hydroxyl groups is 1. The molecule has 2 unspecified atom stereocenters. The fourth-order valence-corrected chi connectivity index (χ4v) is 3.48. The summed E-state index contributed by atoms with van der Waals surface area (Å²) in [4.78, 5) is 34.6. The van der Waals surface area contributed by atoms with Crippen LogP contribution in [0.3, 0.4) is 0 Å². The van der Waals surface area contributed by atoms with E-state index >= 15 is 0 Å². The average Bonchev–Trinajstić information content (AvgIpc) is 2.55. The summed E-state index contributed by atoms with van der Waals surface area (Å²) in [5.41, 5.74) is 0. The summed E-state index contributed by atoms with van der Waals surface area (Å²) in [6.45, 7) is -0.859. The van der Waals surface area contributed by atoms with Gasteiger partial charge in [0, 0.05) is 17.3 Å². The van der Waals surface area contributed by atoms with Crippen LogP contribution in [-0.2, 0) is 29.1 Å². The molecule has 1 aromatic rings. The van der Waals surface area contributed by atoms with E-state index in [9.17, 15) is 27.9 Å². The zero-order chi connectivity index (χ0) is 18.6. The Bertz CT molecular complexity index is 779. The number of imide groups is 1. The molecule has 2 rings (SSSR count). The molecule has 1 aliphatic rings. The number of rotatable bonds is 6. The number of benzene rings is 1. The Hall–Kier alpha value is -1.82. The number of carbonyl (C=O) groups excluding carboxylic acids is 3. The number of aliphatic hydroxyl groups excluding tert-OH is 1. The summed E-state index contributed by atoms with van der Waals surface area (Å²) in [6, 6.07) is 4.05. The normalized spacial score (nSPS) is 19.2. The lowest BCUT2D eigenvalue weighted by atomic mass is 10.1. The topological polar surface area (TPSA) is 139 Å². The van der Waals surface area contributed by atoms with Crippen LogP contribution in [0.15, 0.2) is 33.6 Å². The van der Waals surface area contributed by atoms with E-state index < -0.39 is 46.6 Å². The third kappa shape index (κ3) is 5.08. The van der Waals surface area contributed by atoms with Crippen molar-refractivity contribution in [3.8, 4) is 0 Å². The van der Waals surface area contributed by atoms with Crippen molar-refractivity contribution in [2.24, 2.45) is 0 Å². The van der Waals surface area contributed by atoms with Crippen molar-refractivity contribution in [3.63, 3.8) is 0 Å². The SMILES string of the molecule is O=C1CCC(OC(=O)C(CO)NS(=O)(=O)c2ccc(Br)cc2)C(=O)N1. The molecule has 2 atom stereocenters. The first-order chi connectivity index (χ1) is 11.7. The first kappa shape index (κ1) is 19.5. The van der Waals surface area contributed by atoms with Gasteiger partial charge in [0.05, 0.1) is 11.5 Å². The number of nitrogens with one attached hydrogen (secondary N) is 2. The minimum Gasteiger partial charge on any atom is -0.451 e. The molecule has 0 radical (unpaired) electrons. The van der Waals surface area contributed by atoms with Gasteiger partial charge in [0.1, 0.15) is 6.04 Å². The van der Waals surface area contributed by atoms with Gasteiger partial charge in [-0.3, -0.25) is 19.7 Å². The highest BCUT2D eigenvalue weighted by molar-refractivity contribution is 9.10. The zero-order valence-corrected chi connectivity index (χ0v) is 15.2. The molecule has 0 aliphatic carbocycles. The molecule has 0 bridgehead atoms. The summed E-state index contributed by atoms with van der Waals surface area (Å²) in [6.07, 6.45) is -1.22. The third-order valence-electron chi connectivity index (χ3n) is 3.34. The van der Waals surface area contributed by atoms with Gasteiger partial charge in [-0.15, -0.1) is 0 Å². The van der Waals surface area contributed by atoms with E-state index in [1.54, 1.807) is 0 Å². The Morgan fingerprint density at radius 3 is 2.56 bits per heavy atom. The molecule has 25 heavy (non-hydrogen) atoms. The number of ether oxygens (including phenoxy) is 1. The van der Waals surface area contributed by atoms with Crippen molar-refractivity contribution in [1.82, 2.24) is 10.0 Å². The van der Waals surface area contributed by atoms with Crippen LogP contribution in [0.2, 0.25) is 0 Å². The fraction of sp³-hybridized carbons (Fsp3) is 0.357. The molecule has 1 aromatic carbocycles. The number of hydrogen-bond donors (Lipinski definition) is 3. The Balaban J connectivity index is 2.05. The molecule has 0 saturated carbocycles. The summed E-state index contributed by atoms with van der Waals surface area (Å²) in [7, 11) is -4.08. The smallest absolute Gasteiger partial charge is 0.327 e. The van der Waals surface area contributed by atoms with Gasteiger partial charge in [0.25, 0.3) is 5.91 Å². The Kier molecular flexibility index (Phi) is 6.27. The van der Waals surface area contributed by atoms with Crippen LogP contribution in [0, 0.1) is 0 Å². The third-order valence-corrected chi connectivity index (χ3v) is 5.35. The van der Waals surface area contributed by atoms with E-state index in [1.165, 1.54) is 24.3 Å². The van der Waals surface area contributed by atoms with Crippen LogP contribution in [0.5, 0.6) is 0 Å². The predicted octanol–water partition coefficient (Wildman–Crippen LogP) is -0.563. The lowest BCUT2D eigenvalue weighted by Gasteiger charge is -2.23. The Morgan fingerprint density at radius 2 is 2.00 bits per heavy atom. The average molecular weight is 435 g/mol. The van der Waals surface area contributed by atoms with Gasteiger partial charge in [-0.1, -0.05) is 15.9 Å². The van der Waals surface area contributed by atoms with Crippen molar-refractivity contribution < 1.29 is 32.6 Å². The van der Waals surface area contributed by atoms with Crippen LogP contribution in [0.4, 0.5) is 0 Å². The Labute approximate surface area is 151 Å². The first-order valence-electron chi connectivity index (χ1n) is 7.16. The molecule has 1 heterocycles. The van der Waals surface area contributed by atoms with E-state index in [-0.39, 0.29) is 17.7 Å². The largest absolute Gasteiger partial charge is 0.451 e. The zero-order valence-electron chi connectivity index (χ0n) is 12.8. The van der Waals surface area contributed by atoms with Crippen molar-refractivity contribution >= 4 is 43.7 Å². The number of halogens is 1. The van der Waals surface area contributed by atoms with E-state index in [2.05, 4.69) is 15.9 Å². The molecule has 0 spiro atoms. The van der Waals surface area contributed by atoms with Gasteiger partial charge >= 0.3 is 5.97 Å². The highest BCUT2D eigenvalue weighted by Gasteiger charge is 2.33. The van der Waals surface area contributed by atoms with Crippen LogP contribution in [-0.4, -0.2) is 50.1 Å². The Morgan fingerprint density at radius 1 is 1.36 bits per heavy atom. The van der Waals surface area contributed by atoms with Crippen LogP contribution >= 0.6 is 15.9 Å². The van der Waals surface area contributed by atoms with Crippen LogP contribution < -0.4 is 10.0 Å². The monoisotopic (exact) mass is 434 g/mol. The molecule has 1 aliphatic heterocycles. The predicted molar refractivity (Wildman–Crippen MR) is 87.6 cm³/mol. The van der Waals surface area contributed by atoms with Gasteiger partial charge in [-0.2, -0.15) is 4.72 Å². The summed E-state index contributed by atoms with van der Waals surface area (Å²) in [5.74, 6) is -2.37. The summed E-state index contributed by atoms with van der Waals surface area (Å²) < 4.78 is 32.1. The molecule has 1 fully saturated rings. The fourth-order valence-electron chi connectivity index (χ4n) is 2.04. The van der Waals surface area contributed by atoms with Gasteiger partial charge in [0.2, 0.25) is 15.9 Å². The maximum Gasteiger partial charge on any atom is 0.327 e. The minimum atomic E-state index is -4.08. The lowest BCUT2D eigenvalue weighted by molar-refractivity contribution is -0.161. The molecule has 136 valence electrons. The van der Waals surface area contributed by atoms with Crippen molar-refractivity contribution in [1.29, 1.82) is 0 Å². The molecular weight excluding hydrogens is 420 g/mol.